The van der Waals surface area contributed by atoms with Crippen LogP contribution in [-0.2, 0) is 17.1 Å². The lowest BCUT2D eigenvalue weighted by Gasteiger charge is -2.14. The number of hydrogen-bond acceptors (Lipinski definition) is 4. The van der Waals surface area contributed by atoms with Gasteiger partial charge in [0.15, 0.2) is 6.61 Å². The zero-order valence-corrected chi connectivity index (χ0v) is 14.3. The summed E-state index contributed by atoms with van der Waals surface area (Å²) in [4.78, 5) is 20.1. The lowest BCUT2D eigenvalue weighted by atomic mass is 10.1. The minimum absolute atomic E-state index is 0.0248. The second-order valence-corrected chi connectivity index (χ2v) is 5.84. The molecule has 0 spiro atoms. The average Bonchev–Trinajstić information content (AvgIpc) is 2.64. The van der Waals surface area contributed by atoms with Gasteiger partial charge in [-0.25, -0.2) is 0 Å². The highest BCUT2D eigenvalue weighted by molar-refractivity contribution is 5.93. The minimum Gasteiger partial charge on any atom is -0.484 e. The van der Waals surface area contributed by atoms with Crippen molar-refractivity contribution in [1.82, 2.24) is 9.97 Å². The zero-order chi connectivity index (χ0) is 21.2. The molecule has 152 valence electrons. The predicted molar refractivity (Wildman–Crippen MR) is 90.1 cm³/mol. The molecule has 0 bridgehead atoms. The first-order valence-electron chi connectivity index (χ1n) is 7.95. The number of fused-ring (bicyclic) bond motifs is 1. The highest BCUT2D eigenvalue weighted by Gasteiger charge is 2.37. The van der Waals surface area contributed by atoms with E-state index in [0.29, 0.717) is 28.9 Å². The number of halogens is 6. The van der Waals surface area contributed by atoms with E-state index >= 15 is 0 Å². The van der Waals surface area contributed by atoms with Crippen LogP contribution in [-0.4, -0.2) is 22.5 Å². The molecule has 0 aliphatic rings. The summed E-state index contributed by atoms with van der Waals surface area (Å²) >= 11 is 0. The summed E-state index contributed by atoms with van der Waals surface area (Å²) in [5.74, 6) is -1.51. The van der Waals surface area contributed by atoms with Gasteiger partial charge in [-0.3, -0.25) is 14.8 Å². The number of rotatable bonds is 4. The van der Waals surface area contributed by atoms with E-state index in [-0.39, 0.29) is 6.07 Å². The van der Waals surface area contributed by atoms with Crippen LogP contribution in [0.2, 0.25) is 0 Å². The number of benzene rings is 2. The zero-order valence-electron chi connectivity index (χ0n) is 14.3. The second kappa shape index (κ2) is 7.57. The Morgan fingerprint density at radius 3 is 2.03 bits per heavy atom. The average molecular weight is 415 g/mol. The number of carbonyl (C=O) groups excluding carboxylic acids is 1. The largest absolute Gasteiger partial charge is 0.484 e. The highest BCUT2D eigenvalue weighted by Crippen LogP contribution is 2.38. The van der Waals surface area contributed by atoms with Gasteiger partial charge >= 0.3 is 12.4 Å². The minimum atomic E-state index is -5.01. The molecule has 3 aromatic rings. The molecule has 0 radical (unpaired) electrons. The Hall–Kier alpha value is -3.37. The van der Waals surface area contributed by atoms with E-state index in [4.69, 9.17) is 4.74 Å². The van der Waals surface area contributed by atoms with E-state index in [1.54, 1.807) is 6.07 Å². The summed E-state index contributed by atoms with van der Waals surface area (Å²) in [7, 11) is 0. The fourth-order valence-corrected chi connectivity index (χ4v) is 2.40. The molecule has 11 heteroatoms. The lowest BCUT2D eigenvalue weighted by Crippen LogP contribution is -2.20. The molecular weight excluding hydrogens is 404 g/mol. The summed E-state index contributed by atoms with van der Waals surface area (Å²) in [6, 6.07) is 5.37. The number of amides is 1. The molecule has 0 saturated carbocycles. The molecular formula is C18H11F6N3O2. The van der Waals surface area contributed by atoms with Crippen LogP contribution < -0.4 is 10.1 Å². The predicted octanol–water partition coefficient (Wildman–Crippen LogP) is 4.68. The van der Waals surface area contributed by atoms with Crippen molar-refractivity contribution in [3.8, 4) is 5.75 Å². The van der Waals surface area contributed by atoms with E-state index in [1.165, 1.54) is 24.5 Å². The van der Waals surface area contributed by atoms with Crippen molar-refractivity contribution >= 4 is 22.6 Å². The molecule has 0 unspecified atom stereocenters. The summed E-state index contributed by atoms with van der Waals surface area (Å²) < 4.78 is 81.9. The van der Waals surface area contributed by atoms with Crippen molar-refractivity contribution in [2.45, 2.75) is 12.4 Å². The molecule has 1 heterocycles. The molecule has 0 saturated heterocycles. The fourth-order valence-electron chi connectivity index (χ4n) is 2.40. The summed E-state index contributed by atoms with van der Waals surface area (Å²) in [6.45, 7) is -0.795. The first-order valence-corrected chi connectivity index (χ1v) is 7.95. The van der Waals surface area contributed by atoms with Gasteiger partial charge in [0.05, 0.1) is 22.2 Å². The van der Waals surface area contributed by atoms with Crippen molar-refractivity contribution in [2.75, 3.05) is 11.9 Å². The number of anilines is 1. The normalized spacial score (nSPS) is 12.1. The van der Waals surface area contributed by atoms with E-state index in [2.05, 4.69) is 15.3 Å². The van der Waals surface area contributed by atoms with Gasteiger partial charge in [0.2, 0.25) is 0 Å². The lowest BCUT2D eigenvalue weighted by molar-refractivity contribution is -0.143. The molecule has 1 N–H and O–H groups in total. The van der Waals surface area contributed by atoms with E-state index in [0.717, 1.165) is 0 Å². The van der Waals surface area contributed by atoms with Crippen LogP contribution in [0.25, 0.3) is 11.0 Å². The molecule has 2 aromatic carbocycles. The molecule has 1 aromatic heterocycles. The Labute approximate surface area is 159 Å². The maximum atomic E-state index is 12.8. The number of nitrogens with one attached hydrogen (secondary N) is 1. The van der Waals surface area contributed by atoms with E-state index in [1.807, 2.05) is 0 Å². The van der Waals surface area contributed by atoms with E-state index in [9.17, 15) is 31.1 Å². The number of alkyl halides is 6. The monoisotopic (exact) mass is 415 g/mol. The van der Waals surface area contributed by atoms with E-state index < -0.39 is 41.7 Å². The van der Waals surface area contributed by atoms with Crippen LogP contribution in [0.4, 0.5) is 32.0 Å². The Morgan fingerprint density at radius 2 is 1.45 bits per heavy atom. The maximum Gasteiger partial charge on any atom is 0.416 e. The summed E-state index contributed by atoms with van der Waals surface area (Å²) in [5, 5.41) is 2.42. The van der Waals surface area contributed by atoms with Crippen LogP contribution in [0.15, 0.2) is 48.8 Å². The second-order valence-electron chi connectivity index (χ2n) is 5.84. The van der Waals surface area contributed by atoms with Crippen LogP contribution in [0.5, 0.6) is 5.75 Å². The molecule has 5 nitrogen and oxygen atoms in total. The van der Waals surface area contributed by atoms with Crippen molar-refractivity contribution in [3.05, 3.63) is 59.9 Å². The van der Waals surface area contributed by atoms with Gasteiger partial charge in [0.25, 0.3) is 5.91 Å². The smallest absolute Gasteiger partial charge is 0.416 e. The van der Waals surface area contributed by atoms with Gasteiger partial charge in [-0.05, 0) is 36.4 Å². The quantitative estimate of drug-likeness (QED) is 0.629. The number of aromatic nitrogens is 2. The third-order valence-corrected chi connectivity index (χ3v) is 3.68. The van der Waals surface area contributed by atoms with Crippen LogP contribution in [0.3, 0.4) is 0 Å². The van der Waals surface area contributed by atoms with Crippen LogP contribution >= 0.6 is 0 Å². The Bertz CT molecular complexity index is 1020. The van der Waals surface area contributed by atoms with Crippen LogP contribution in [0, 0.1) is 0 Å². The molecule has 0 aliphatic carbocycles. The Kier molecular flexibility index (Phi) is 5.31. The maximum absolute atomic E-state index is 12.8. The molecule has 3 rings (SSSR count). The molecule has 0 atom stereocenters. The number of hydrogen-bond donors (Lipinski definition) is 1. The van der Waals surface area contributed by atoms with Gasteiger partial charge < -0.3 is 10.1 Å². The first kappa shape index (κ1) is 20.4. The molecule has 1 amide bonds. The van der Waals surface area contributed by atoms with Crippen molar-refractivity contribution in [3.63, 3.8) is 0 Å². The van der Waals surface area contributed by atoms with Crippen molar-refractivity contribution in [2.24, 2.45) is 0 Å². The third kappa shape index (κ3) is 5.12. The Morgan fingerprint density at radius 1 is 0.862 bits per heavy atom. The van der Waals surface area contributed by atoms with Crippen molar-refractivity contribution < 1.29 is 35.9 Å². The summed E-state index contributed by atoms with van der Waals surface area (Å²) in [5.41, 5.74) is -1.69. The van der Waals surface area contributed by atoms with Gasteiger partial charge in [0.1, 0.15) is 5.75 Å². The SMILES string of the molecule is O=C(COc1cc(C(F)(F)F)cc(C(F)(F)F)c1)Nc1ccc2nccnc2c1. The number of nitrogens with zero attached hydrogens (tertiary/aromatic N) is 2. The number of carbonyl (C=O) groups is 1. The fraction of sp³-hybridized carbons (Fsp3) is 0.167. The van der Waals surface area contributed by atoms with Crippen molar-refractivity contribution in [1.29, 1.82) is 0 Å². The van der Waals surface area contributed by atoms with Gasteiger partial charge in [-0.15, -0.1) is 0 Å². The van der Waals surface area contributed by atoms with Gasteiger partial charge in [-0.1, -0.05) is 0 Å². The Balaban J connectivity index is 1.73. The van der Waals surface area contributed by atoms with Gasteiger partial charge in [-0.2, -0.15) is 26.3 Å². The highest BCUT2D eigenvalue weighted by atomic mass is 19.4. The standard InChI is InChI=1S/C18H11F6N3O2/c19-17(20,21)10-5-11(18(22,23)24)7-13(6-10)29-9-16(28)27-12-1-2-14-15(8-12)26-4-3-25-14/h1-8H,9H2,(H,27,28). The topological polar surface area (TPSA) is 64.1 Å². The third-order valence-electron chi connectivity index (χ3n) is 3.68. The van der Waals surface area contributed by atoms with Gasteiger partial charge in [0, 0.05) is 18.1 Å². The van der Waals surface area contributed by atoms with Crippen LogP contribution in [0.1, 0.15) is 11.1 Å². The molecule has 29 heavy (non-hydrogen) atoms. The summed E-state index contributed by atoms with van der Waals surface area (Å²) in [6.07, 6.45) is -7.08. The first-order chi connectivity index (χ1) is 13.5. The number of ether oxygens (including phenoxy) is 1. The molecule has 0 aliphatic heterocycles. The molecule has 0 fully saturated rings.